The highest BCUT2D eigenvalue weighted by molar-refractivity contribution is 9.10. The average Bonchev–Trinajstić information content (AvgIpc) is 2.52. The zero-order valence-corrected chi connectivity index (χ0v) is 15.0. The van der Waals surface area contributed by atoms with E-state index in [1.807, 2.05) is 12.1 Å². The molecule has 1 N–H and O–H groups in total. The topological polar surface area (TPSA) is 50.7 Å². The molecule has 0 radical (unpaired) electrons. The fourth-order valence-electron chi connectivity index (χ4n) is 1.69. The number of anilines is 1. The van der Waals surface area contributed by atoms with Crippen molar-refractivity contribution in [3.05, 3.63) is 62.5 Å². The summed E-state index contributed by atoms with van der Waals surface area (Å²) in [5.41, 5.74) is 1.38. The fourth-order valence-corrected chi connectivity index (χ4v) is 2.46. The molecule has 2 aromatic carbocycles. The zero-order valence-electron chi connectivity index (χ0n) is 11.9. The molecular weight excluding hydrogens is 403 g/mol. The van der Waals surface area contributed by atoms with E-state index in [-0.39, 0.29) is 18.9 Å². The van der Waals surface area contributed by atoms with Gasteiger partial charge in [-0.25, -0.2) is 0 Å². The molecule has 0 aliphatic rings. The molecule has 7 heteroatoms. The lowest BCUT2D eigenvalue weighted by molar-refractivity contribution is -0.115. The van der Waals surface area contributed by atoms with Crippen LogP contribution in [0.15, 0.2) is 52.1 Å². The first kappa shape index (κ1) is 17.8. The normalized spacial score (nSPS) is 10.7. The van der Waals surface area contributed by atoms with Gasteiger partial charge in [0.05, 0.1) is 12.6 Å². The van der Waals surface area contributed by atoms with Gasteiger partial charge in [-0.1, -0.05) is 50.4 Å². The number of amides is 1. The molecule has 0 fully saturated rings. The van der Waals surface area contributed by atoms with Crippen LogP contribution >= 0.6 is 39.1 Å². The summed E-state index contributed by atoms with van der Waals surface area (Å²) in [5.74, 6) is -0.185. The van der Waals surface area contributed by atoms with Gasteiger partial charge in [-0.2, -0.15) is 0 Å². The zero-order chi connectivity index (χ0) is 16.7. The summed E-state index contributed by atoms with van der Waals surface area (Å²) in [4.78, 5) is 16.8. The predicted octanol–water partition coefficient (Wildman–Crippen LogP) is 5.29. The van der Waals surface area contributed by atoms with Crippen molar-refractivity contribution in [2.45, 2.75) is 13.0 Å². The molecule has 0 heterocycles. The Labute approximate surface area is 152 Å². The van der Waals surface area contributed by atoms with Crippen LogP contribution in [0.2, 0.25) is 10.0 Å². The summed E-state index contributed by atoms with van der Waals surface area (Å²) in [7, 11) is 0. The summed E-state index contributed by atoms with van der Waals surface area (Å²) < 4.78 is 0.948. The smallest absolute Gasteiger partial charge is 0.229 e. The molecule has 0 atom stereocenters. The Kier molecular flexibility index (Phi) is 6.89. The number of hydrogen-bond acceptors (Lipinski definition) is 3. The van der Waals surface area contributed by atoms with Crippen molar-refractivity contribution in [1.82, 2.24) is 0 Å². The minimum atomic E-state index is -0.185. The van der Waals surface area contributed by atoms with E-state index in [1.165, 1.54) is 6.21 Å². The summed E-state index contributed by atoms with van der Waals surface area (Å²) >= 11 is 15.4. The van der Waals surface area contributed by atoms with E-state index in [2.05, 4.69) is 26.4 Å². The maximum absolute atomic E-state index is 11.7. The highest BCUT2D eigenvalue weighted by Crippen LogP contribution is 2.24. The molecule has 0 aliphatic heterocycles. The number of hydrogen-bond donors (Lipinski definition) is 1. The van der Waals surface area contributed by atoms with Gasteiger partial charge in [0.1, 0.15) is 6.61 Å². The third kappa shape index (κ3) is 5.86. The Morgan fingerprint density at radius 1 is 1.17 bits per heavy atom. The molecule has 0 saturated heterocycles. The molecule has 1 amide bonds. The first-order valence-electron chi connectivity index (χ1n) is 6.68. The van der Waals surface area contributed by atoms with Gasteiger partial charge < -0.3 is 10.2 Å². The summed E-state index contributed by atoms with van der Waals surface area (Å²) in [6.45, 7) is 0.142. The van der Waals surface area contributed by atoms with E-state index in [0.29, 0.717) is 15.6 Å². The van der Waals surface area contributed by atoms with Crippen molar-refractivity contribution >= 4 is 56.9 Å². The molecule has 0 aromatic heterocycles. The van der Waals surface area contributed by atoms with Crippen molar-refractivity contribution in [2.75, 3.05) is 5.32 Å². The first-order chi connectivity index (χ1) is 11.1. The Bertz CT molecular complexity index is 685. The van der Waals surface area contributed by atoms with Crippen LogP contribution < -0.4 is 5.32 Å². The summed E-state index contributed by atoms with van der Waals surface area (Å²) in [5, 5.41) is 7.51. The second kappa shape index (κ2) is 8.91. The van der Waals surface area contributed by atoms with E-state index in [4.69, 9.17) is 28.0 Å². The molecule has 2 rings (SSSR count). The Morgan fingerprint density at radius 3 is 2.48 bits per heavy atom. The van der Waals surface area contributed by atoms with Gasteiger partial charge in [0.2, 0.25) is 5.91 Å². The lowest BCUT2D eigenvalue weighted by Gasteiger charge is -2.05. The van der Waals surface area contributed by atoms with Gasteiger partial charge in [-0.3, -0.25) is 4.79 Å². The van der Waals surface area contributed by atoms with Crippen molar-refractivity contribution in [3.63, 3.8) is 0 Å². The van der Waals surface area contributed by atoms with Crippen LogP contribution in [0.3, 0.4) is 0 Å². The van der Waals surface area contributed by atoms with Crippen molar-refractivity contribution in [3.8, 4) is 0 Å². The number of benzene rings is 2. The number of nitrogens with one attached hydrogen (secondary N) is 1. The van der Waals surface area contributed by atoms with Gasteiger partial charge in [-0.15, -0.1) is 0 Å². The molecule has 0 saturated carbocycles. The molecule has 0 aliphatic carbocycles. The minimum absolute atomic E-state index is 0.103. The molecule has 120 valence electrons. The van der Waals surface area contributed by atoms with Gasteiger partial charge in [0.25, 0.3) is 0 Å². The predicted molar refractivity (Wildman–Crippen MR) is 97.1 cm³/mol. The van der Waals surface area contributed by atoms with E-state index in [0.717, 1.165) is 10.2 Å². The molecule has 4 nitrogen and oxygen atoms in total. The Balaban J connectivity index is 1.76. The fraction of sp³-hybridized carbons (Fsp3) is 0.125. The minimum Gasteiger partial charge on any atom is -0.391 e. The average molecular weight is 416 g/mol. The van der Waals surface area contributed by atoms with Gasteiger partial charge in [-0.05, 0) is 36.4 Å². The third-order valence-corrected chi connectivity index (χ3v) is 4.06. The van der Waals surface area contributed by atoms with Crippen LogP contribution in [0.25, 0.3) is 0 Å². The van der Waals surface area contributed by atoms with E-state index in [9.17, 15) is 4.79 Å². The lowest BCUT2D eigenvalue weighted by atomic mass is 10.2. The second-order valence-corrected chi connectivity index (χ2v) is 6.25. The molecular formula is C16H13BrCl2N2O2. The van der Waals surface area contributed by atoms with Crippen LogP contribution in [-0.4, -0.2) is 12.1 Å². The molecule has 23 heavy (non-hydrogen) atoms. The van der Waals surface area contributed by atoms with Crippen LogP contribution in [0.5, 0.6) is 0 Å². The number of rotatable bonds is 6. The SMILES string of the molecule is O=C(C/C=N\OCc1c(Cl)cccc1Cl)Nc1ccc(Br)cc1. The molecule has 0 bridgehead atoms. The van der Waals surface area contributed by atoms with Crippen LogP contribution in [0.1, 0.15) is 12.0 Å². The molecule has 0 spiro atoms. The Hall–Kier alpha value is -1.56. The molecule has 0 unspecified atom stereocenters. The number of carbonyl (C=O) groups is 1. The number of nitrogens with zero attached hydrogens (tertiary/aromatic N) is 1. The monoisotopic (exact) mass is 414 g/mol. The summed E-state index contributed by atoms with van der Waals surface area (Å²) in [6, 6.07) is 12.5. The van der Waals surface area contributed by atoms with Crippen LogP contribution in [-0.2, 0) is 16.2 Å². The maximum atomic E-state index is 11.7. The highest BCUT2D eigenvalue weighted by Gasteiger charge is 2.05. The number of carbonyl (C=O) groups excluding carboxylic acids is 1. The maximum Gasteiger partial charge on any atom is 0.229 e. The van der Waals surface area contributed by atoms with Crippen molar-refractivity contribution in [1.29, 1.82) is 0 Å². The largest absolute Gasteiger partial charge is 0.391 e. The van der Waals surface area contributed by atoms with Crippen LogP contribution in [0, 0.1) is 0 Å². The quantitative estimate of drug-likeness (QED) is 0.514. The third-order valence-electron chi connectivity index (χ3n) is 2.82. The van der Waals surface area contributed by atoms with Crippen molar-refractivity contribution in [2.24, 2.45) is 5.16 Å². The van der Waals surface area contributed by atoms with Crippen molar-refractivity contribution < 1.29 is 9.63 Å². The number of oxime groups is 1. The van der Waals surface area contributed by atoms with Gasteiger partial charge in [0, 0.05) is 25.8 Å². The molecule has 2 aromatic rings. The van der Waals surface area contributed by atoms with E-state index >= 15 is 0 Å². The van der Waals surface area contributed by atoms with Gasteiger partial charge in [0.15, 0.2) is 0 Å². The highest BCUT2D eigenvalue weighted by atomic mass is 79.9. The summed E-state index contributed by atoms with van der Waals surface area (Å²) in [6.07, 6.45) is 1.49. The first-order valence-corrected chi connectivity index (χ1v) is 8.23. The van der Waals surface area contributed by atoms with Crippen LogP contribution in [0.4, 0.5) is 5.69 Å². The lowest BCUT2D eigenvalue weighted by Crippen LogP contribution is -2.11. The van der Waals surface area contributed by atoms with E-state index < -0.39 is 0 Å². The van der Waals surface area contributed by atoms with Gasteiger partial charge >= 0.3 is 0 Å². The Morgan fingerprint density at radius 2 is 1.83 bits per heavy atom. The van der Waals surface area contributed by atoms with E-state index in [1.54, 1.807) is 30.3 Å². The standard InChI is InChI=1S/C16H13BrCl2N2O2/c17-11-4-6-12(7-5-11)21-16(22)8-9-20-23-10-13-14(18)2-1-3-15(13)19/h1-7,9H,8,10H2,(H,21,22)/b20-9-. The number of halogens is 3. The second-order valence-electron chi connectivity index (χ2n) is 4.52.